The number of amides is 2. The quantitative estimate of drug-likeness (QED) is 0.924. The molecule has 3 rings (SSSR count). The van der Waals surface area contributed by atoms with Crippen LogP contribution in [-0.4, -0.2) is 41.8 Å². The Morgan fingerprint density at radius 2 is 1.79 bits per heavy atom. The standard InChI is InChI=1S/C18H24N2O4/c1-18(2,3)24-16(21)19-15-13-9-20(10-14(13)15)17(22)23-11-12-7-5-4-6-8-12/h4-8,13-15H,9-11H2,1-3H3,(H,19,21)/t13-,14-/m1/s1. The summed E-state index contributed by atoms with van der Waals surface area (Å²) in [5.74, 6) is 0.614. The number of benzene rings is 1. The fourth-order valence-electron chi connectivity index (χ4n) is 3.14. The maximum Gasteiger partial charge on any atom is 0.410 e. The SMILES string of the molecule is CC(C)(C)OC(=O)NC1[C@@H]2CN(C(=O)OCc3ccccc3)C[C@@H]12. The molecule has 1 aromatic carbocycles. The van der Waals surface area contributed by atoms with E-state index in [2.05, 4.69) is 5.32 Å². The Labute approximate surface area is 142 Å². The largest absolute Gasteiger partial charge is 0.445 e. The lowest BCUT2D eigenvalue weighted by atomic mass is 10.2. The molecule has 0 spiro atoms. The van der Waals surface area contributed by atoms with E-state index >= 15 is 0 Å². The fraction of sp³-hybridized carbons (Fsp3) is 0.556. The number of fused-ring (bicyclic) bond motifs is 1. The summed E-state index contributed by atoms with van der Waals surface area (Å²) in [7, 11) is 0. The van der Waals surface area contributed by atoms with Gasteiger partial charge in [0, 0.05) is 31.0 Å². The van der Waals surface area contributed by atoms with Crippen LogP contribution in [0.3, 0.4) is 0 Å². The van der Waals surface area contributed by atoms with E-state index < -0.39 is 5.60 Å². The van der Waals surface area contributed by atoms with Gasteiger partial charge in [0.25, 0.3) is 0 Å². The first kappa shape index (κ1) is 16.6. The summed E-state index contributed by atoms with van der Waals surface area (Å²) in [4.78, 5) is 25.6. The number of carbonyl (C=O) groups excluding carboxylic acids is 2. The van der Waals surface area contributed by atoms with Crippen molar-refractivity contribution in [1.82, 2.24) is 10.2 Å². The maximum atomic E-state index is 12.1. The van der Waals surface area contributed by atoms with Crippen molar-refractivity contribution in [2.45, 2.75) is 39.0 Å². The Balaban J connectivity index is 1.39. The number of hydrogen-bond acceptors (Lipinski definition) is 4. The molecule has 2 atom stereocenters. The Morgan fingerprint density at radius 3 is 2.38 bits per heavy atom. The molecule has 0 unspecified atom stereocenters. The molecule has 1 saturated heterocycles. The number of carbonyl (C=O) groups is 2. The van der Waals surface area contributed by atoms with Gasteiger partial charge in [0.05, 0.1) is 0 Å². The lowest BCUT2D eigenvalue weighted by Gasteiger charge is -2.22. The van der Waals surface area contributed by atoms with Crippen LogP contribution in [0, 0.1) is 11.8 Å². The van der Waals surface area contributed by atoms with E-state index in [4.69, 9.17) is 9.47 Å². The predicted octanol–water partition coefficient (Wildman–Crippen LogP) is 2.78. The van der Waals surface area contributed by atoms with E-state index in [1.165, 1.54) is 0 Å². The average Bonchev–Trinajstić information content (AvgIpc) is 2.95. The molecule has 0 bridgehead atoms. The van der Waals surface area contributed by atoms with Crippen molar-refractivity contribution >= 4 is 12.2 Å². The Hall–Kier alpha value is -2.24. The molecule has 0 radical (unpaired) electrons. The second-order valence-electron chi connectivity index (χ2n) is 7.44. The van der Waals surface area contributed by atoms with E-state index in [0.29, 0.717) is 24.9 Å². The van der Waals surface area contributed by atoms with Gasteiger partial charge in [0.2, 0.25) is 0 Å². The van der Waals surface area contributed by atoms with Gasteiger partial charge in [-0.05, 0) is 26.3 Å². The summed E-state index contributed by atoms with van der Waals surface area (Å²) < 4.78 is 10.6. The third kappa shape index (κ3) is 3.99. The minimum Gasteiger partial charge on any atom is -0.445 e. The van der Waals surface area contributed by atoms with Crippen molar-refractivity contribution in [1.29, 1.82) is 0 Å². The van der Waals surface area contributed by atoms with Gasteiger partial charge in [-0.2, -0.15) is 0 Å². The normalized spacial score (nSPS) is 25.0. The highest BCUT2D eigenvalue weighted by molar-refractivity contribution is 5.70. The zero-order valence-electron chi connectivity index (χ0n) is 14.3. The van der Waals surface area contributed by atoms with Crippen LogP contribution in [0.1, 0.15) is 26.3 Å². The molecule has 24 heavy (non-hydrogen) atoms. The van der Waals surface area contributed by atoms with Gasteiger partial charge < -0.3 is 19.7 Å². The highest BCUT2D eigenvalue weighted by atomic mass is 16.6. The summed E-state index contributed by atoms with van der Waals surface area (Å²) in [6, 6.07) is 9.72. The van der Waals surface area contributed by atoms with E-state index in [9.17, 15) is 9.59 Å². The highest BCUT2D eigenvalue weighted by Gasteiger charge is 2.58. The molecule has 1 aliphatic carbocycles. The molecule has 2 fully saturated rings. The Kier molecular flexibility index (Phi) is 4.39. The van der Waals surface area contributed by atoms with Gasteiger partial charge in [-0.1, -0.05) is 30.3 Å². The average molecular weight is 332 g/mol. The van der Waals surface area contributed by atoms with Gasteiger partial charge in [-0.25, -0.2) is 9.59 Å². The molecule has 2 amide bonds. The number of alkyl carbamates (subject to hydrolysis) is 1. The third-order valence-corrected chi connectivity index (χ3v) is 4.34. The number of piperidine rings is 1. The molecule has 1 aliphatic heterocycles. The van der Waals surface area contributed by atoms with Crippen LogP contribution in [0.15, 0.2) is 30.3 Å². The second kappa shape index (κ2) is 6.34. The monoisotopic (exact) mass is 332 g/mol. The van der Waals surface area contributed by atoms with Crippen LogP contribution in [-0.2, 0) is 16.1 Å². The number of likely N-dealkylation sites (tertiary alicyclic amines) is 1. The Morgan fingerprint density at radius 1 is 1.17 bits per heavy atom. The van der Waals surface area contributed by atoms with E-state index in [1.54, 1.807) is 4.90 Å². The topological polar surface area (TPSA) is 67.9 Å². The minimum atomic E-state index is -0.499. The lowest BCUT2D eigenvalue weighted by molar-refractivity contribution is 0.0513. The van der Waals surface area contributed by atoms with Crippen molar-refractivity contribution in [2.75, 3.05) is 13.1 Å². The summed E-state index contributed by atoms with van der Waals surface area (Å²) >= 11 is 0. The summed E-state index contributed by atoms with van der Waals surface area (Å²) in [5, 5.41) is 2.89. The van der Waals surface area contributed by atoms with Crippen LogP contribution >= 0.6 is 0 Å². The summed E-state index contributed by atoms with van der Waals surface area (Å²) in [6.07, 6.45) is -0.679. The van der Waals surface area contributed by atoms with Gasteiger partial charge in [0.1, 0.15) is 12.2 Å². The van der Waals surface area contributed by atoms with Crippen LogP contribution in [0.4, 0.5) is 9.59 Å². The van der Waals surface area contributed by atoms with E-state index in [-0.39, 0.29) is 24.8 Å². The Bertz CT molecular complexity index is 599. The highest BCUT2D eigenvalue weighted by Crippen LogP contribution is 2.45. The fourth-order valence-corrected chi connectivity index (χ4v) is 3.14. The van der Waals surface area contributed by atoms with Gasteiger partial charge in [0.15, 0.2) is 0 Å². The second-order valence-corrected chi connectivity index (χ2v) is 7.44. The number of hydrogen-bond donors (Lipinski definition) is 1. The molecule has 6 heteroatoms. The third-order valence-electron chi connectivity index (χ3n) is 4.34. The van der Waals surface area contributed by atoms with Crippen molar-refractivity contribution in [3.63, 3.8) is 0 Å². The molecular weight excluding hydrogens is 308 g/mol. The smallest absolute Gasteiger partial charge is 0.410 e. The number of rotatable bonds is 3. The molecule has 130 valence electrons. The zero-order valence-corrected chi connectivity index (χ0v) is 14.3. The van der Waals surface area contributed by atoms with Crippen molar-refractivity contribution in [3.05, 3.63) is 35.9 Å². The predicted molar refractivity (Wildman–Crippen MR) is 88.3 cm³/mol. The first-order chi connectivity index (χ1) is 11.3. The van der Waals surface area contributed by atoms with Crippen molar-refractivity contribution < 1.29 is 19.1 Å². The molecule has 0 aromatic heterocycles. The minimum absolute atomic E-state index is 0.109. The molecule has 6 nitrogen and oxygen atoms in total. The zero-order chi connectivity index (χ0) is 17.3. The van der Waals surface area contributed by atoms with Gasteiger partial charge in [-0.3, -0.25) is 0 Å². The van der Waals surface area contributed by atoms with Crippen molar-refractivity contribution in [3.8, 4) is 0 Å². The first-order valence-electron chi connectivity index (χ1n) is 8.28. The van der Waals surface area contributed by atoms with Crippen LogP contribution in [0.25, 0.3) is 0 Å². The van der Waals surface area contributed by atoms with Crippen LogP contribution in [0.2, 0.25) is 0 Å². The molecule has 1 aromatic rings. The molecule has 1 N–H and O–H groups in total. The number of nitrogens with one attached hydrogen (secondary N) is 1. The van der Waals surface area contributed by atoms with Gasteiger partial charge >= 0.3 is 12.2 Å². The molecular formula is C18H24N2O4. The summed E-state index contributed by atoms with van der Waals surface area (Å²) in [6.45, 7) is 7.04. The number of nitrogens with zero attached hydrogens (tertiary/aromatic N) is 1. The lowest BCUT2D eigenvalue weighted by Crippen LogP contribution is -2.39. The van der Waals surface area contributed by atoms with E-state index in [0.717, 1.165) is 5.56 Å². The molecule has 1 saturated carbocycles. The maximum absolute atomic E-state index is 12.1. The van der Waals surface area contributed by atoms with Gasteiger partial charge in [-0.15, -0.1) is 0 Å². The number of ether oxygens (including phenoxy) is 2. The summed E-state index contributed by atoms with van der Waals surface area (Å²) in [5.41, 5.74) is 0.473. The first-order valence-corrected chi connectivity index (χ1v) is 8.28. The van der Waals surface area contributed by atoms with Crippen LogP contribution in [0.5, 0.6) is 0 Å². The molecule has 1 heterocycles. The van der Waals surface area contributed by atoms with Crippen LogP contribution < -0.4 is 5.32 Å². The molecule has 2 aliphatic rings. The van der Waals surface area contributed by atoms with Crippen molar-refractivity contribution in [2.24, 2.45) is 11.8 Å². The van der Waals surface area contributed by atoms with E-state index in [1.807, 2.05) is 51.1 Å².